The van der Waals surface area contributed by atoms with Crippen LogP contribution < -0.4 is 10.2 Å². The number of amides is 2. The van der Waals surface area contributed by atoms with Crippen molar-refractivity contribution in [3.05, 3.63) is 29.8 Å². The van der Waals surface area contributed by atoms with Gasteiger partial charge in [-0.15, -0.1) is 0 Å². The first-order valence-electron chi connectivity index (χ1n) is 8.19. The molecule has 2 amide bonds. The molecule has 1 unspecified atom stereocenters. The van der Waals surface area contributed by atoms with Gasteiger partial charge >= 0.3 is 5.97 Å². The molecular formula is C18H24N2O4. The molecular weight excluding hydrogens is 308 g/mol. The quantitative estimate of drug-likeness (QED) is 0.834. The average molecular weight is 332 g/mol. The molecule has 0 spiro atoms. The van der Waals surface area contributed by atoms with E-state index in [1.165, 1.54) is 19.4 Å². The van der Waals surface area contributed by atoms with E-state index in [0.717, 1.165) is 18.5 Å². The maximum Gasteiger partial charge on any atom is 0.328 e. The third-order valence-corrected chi connectivity index (χ3v) is 4.25. The summed E-state index contributed by atoms with van der Waals surface area (Å²) in [5.41, 5.74) is 0.632. The molecule has 1 aromatic rings. The van der Waals surface area contributed by atoms with E-state index in [9.17, 15) is 14.4 Å². The standard InChI is InChI=1S/C18H24N2O4/c1-4-5-12-6-8-14(9-7-12)20-11-13(10-15(20)21)16(22)19-18(2,3)17(23)24/h6-9,13H,4-5,10-11H2,1-3H3,(H,19,22)(H,23,24). The van der Waals surface area contributed by atoms with Crippen LogP contribution >= 0.6 is 0 Å². The van der Waals surface area contributed by atoms with Gasteiger partial charge in [-0.1, -0.05) is 25.5 Å². The molecule has 1 aliphatic heterocycles. The van der Waals surface area contributed by atoms with Crippen LogP contribution in [0.1, 0.15) is 39.2 Å². The minimum absolute atomic E-state index is 0.0955. The summed E-state index contributed by atoms with van der Waals surface area (Å²) in [4.78, 5) is 37.2. The molecule has 2 rings (SSSR count). The minimum atomic E-state index is -1.35. The second kappa shape index (κ2) is 7.03. The summed E-state index contributed by atoms with van der Waals surface area (Å²) in [6.07, 6.45) is 2.14. The number of hydrogen-bond donors (Lipinski definition) is 2. The summed E-state index contributed by atoms with van der Waals surface area (Å²) < 4.78 is 0. The fourth-order valence-electron chi connectivity index (χ4n) is 2.73. The first-order chi connectivity index (χ1) is 11.2. The maximum absolute atomic E-state index is 12.3. The Morgan fingerprint density at radius 3 is 2.46 bits per heavy atom. The number of rotatable bonds is 6. The summed E-state index contributed by atoms with van der Waals surface area (Å²) in [6, 6.07) is 7.77. The third kappa shape index (κ3) is 3.93. The van der Waals surface area contributed by atoms with Crippen LogP contribution in [0.5, 0.6) is 0 Å². The molecule has 0 aromatic heterocycles. The zero-order valence-electron chi connectivity index (χ0n) is 14.3. The van der Waals surface area contributed by atoms with Gasteiger partial charge in [0.25, 0.3) is 0 Å². The highest BCUT2D eigenvalue weighted by atomic mass is 16.4. The Morgan fingerprint density at radius 2 is 1.92 bits per heavy atom. The van der Waals surface area contributed by atoms with Crippen molar-refractivity contribution in [1.82, 2.24) is 5.32 Å². The normalized spacial score (nSPS) is 17.9. The van der Waals surface area contributed by atoms with Gasteiger partial charge in [-0.3, -0.25) is 9.59 Å². The monoisotopic (exact) mass is 332 g/mol. The van der Waals surface area contributed by atoms with Gasteiger partial charge in [-0.05, 0) is 38.0 Å². The number of carboxylic acids is 1. The Balaban J connectivity index is 2.05. The second-order valence-electron chi connectivity index (χ2n) is 6.74. The number of nitrogens with zero attached hydrogens (tertiary/aromatic N) is 1. The number of aryl methyl sites for hydroxylation is 1. The maximum atomic E-state index is 12.3. The molecule has 6 nitrogen and oxygen atoms in total. The largest absolute Gasteiger partial charge is 0.480 e. The molecule has 1 aliphatic rings. The Labute approximate surface area is 141 Å². The molecule has 0 radical (unpaired) electrons. The second-order valence-corrected chi connectivity index (χ2v) is 6.74. The number of carbonyl (C=O) groups excluding carboxylic acids is 2. The lowest BCUT2D eigenvalue weighted by atomic mass is 10.0. The van der Waals surface area contributed by atoms with E-state index in [-0.39, 0.29) is 18.9 Å². The molecule has 1 fully saturated rings. The fourth-order valence-corrected chi connectivity index (χ4v) is 2.73. The van der Waals surface area contributed by atoms with Crippen molar-refractivity contribution < 1.29 is 19.5 Å². The SMILES string of the molecule is CCCc1ccc(N2CC(C(=O)NC(C)(C)C(=O)O)CC2=O)cc1. The van der Waals surface area contributed by atoms with Crippen molar-refractivity contribution in [2.75, 3.05) is 11.4 Å². The van der Waals surface area contributed by atoms with Gasteiger partial charge in [0.15, 0.2) is 0 Å². The van der Waals surface area contributed by atoms with E-state index in [2.05, 4.69) is 12.2 Å². The van der Waals surface area contributed by atoms with Crippen LogP contribution in [0.3, 0.4) is 0 Å². The van der Waals surface area contributed by atoms with Crippen LogP contribution in [0.2, 0.25) is 0 Å². The lowest BCUT2D eigenvalue weighted by Crippen LogP contribution is -2.51. The minimum Gasteiger partial charge on any atom is -0.480 e. The lowest BCUT2D eigenvalue weighted by Gasteiger charge is -2.23. The highest BCUT2D eigenvalue weighted by Crippen LogP contribution is 2.26. The predicted molar refractivity (Wildman–Crippen MR) is 90.8 cm³/mol. The zero-order valence-corrected chi connectivity index (χ0v) is 14.3. The van der Waals surface area contributed by atoms with Crippen LogP contribution in [0, 0.1) is 5.92 Å². The number of aliphatic carboxylic acids is 1. The van der Waals surface area contributed by atoms with E-state index >= 15 is 0 Å². The van der Waals surface area contributed by atoms with Crippen LogP contribution in [0.25, 0.3) is 0 Å². The Hall–Kier alpha value is -2.37. The summed E-state index contributed by atoms with van der Waals surface area (Å²) >= 11 is 0. The molecule has 0 aliphatic carbocycles. The number of benzene rings is 1. The number of hydrogen-bond acceptors (Lipinski definition) is 3. The molecule has 130 valence electrons. The van der Waals surface area contributed by atoms with Crippen molar-refractivity contribution >= 4 is 23.5 Å². The van der Waals surface area contributed by atoms with Gasteiger partial charge in [-0.25, -0.2) is 4.79 Å². The van der Waals surface area contributed by atoms with Gasteiger partial charge in [0.05, 0.1) is 5.92 Å². The molecule has 1 atom stereocenters. The van der Waals surface area contributed by atoms with E-state index < -0.39 is 23.3 Å². The summed E-state index contributed by atoms with van der Waals surface area (Å²) in [5, 5.41) is 11.6. The molecule has 1 saturated heterocycles. The highest BCUT2D eigenvalue weighted by molar-refractivity contribution is 6.01. The highest BCUT2D eigenvalue weighted by Gasteiger charge is 2.38. The van der Waals surface area contributed by atoms with E-state index in [1.807, 2.05) is 24.3 Å². The van der Waals surface area contributed by atoms with Crippen molar-refractivity contribution in [2.24, 2.45) is 5.92 Å². The molecule has 2 N–H and O–H groups in total. The smallest absolute Gasteiger partial charge is 0.328 e. The van der Waals surface area contributed by atoms with Crippen LogP contribution in [0.4, 0.5) is 5.69 Å². The average Bonchev–Trinajstić information content (AvgIpc) is 2.90. The number of carboxylic acid groups (broad SMARTS) is 1. The molecule has 1 aromatic carbocycles. The van der Waals surface area contributed by atoms with Crippen molar-refractivity contribution in [1.29, 1.82) is 0 Å². The molecule has 24 heavy (non-hydrogen) atoms. The van der Waals surface area contributed by atoms with Gasteiger partial charge in [-0.2, -0.15) is 0 Å². The molecule has 0 bridgehead atoms. The van der Waals surface area contributed by atoms with Crippen LogP contribution in [-0.2, 0) is 20.8 Å². The number of nitrogens with one attached hydrogen (secondary N) is 1. The Morgan fingerprint density at radius 1 is 1.29 bits per heavy atom. The first kappa shape index (κ1) is 18.0. The Bertz CT molecular complexity index is 637. The predicted octanol–water partition coefficient (Wildman–Crippen LogP) is 1.97. The Kier molecular flexibility index (Phi) is 5.26. The van der Waals surface area contributed by atoms with Crippen LogP contribution in [0.15, 0.2) is 24.3 Å². The van der Waals surface area contributed by atoms with Crippen molar-refractivity contribution in [3.8, 4) is 0 Å². The topological polar surface area (TPSA) is 86.7 Å². The van der Waals surface area contributed by atoms with Crippen LogP contribution in [-0.4, -0.2) is 35.0 Å². The summed E-state index contributed by atoms with van der Waals surface area (Å²) in [5.74, 6) is -2.16. The fraction of sp³-hybridized carbons (Fsp3) is 0.500. The van der Waals surface area contributed by atoms with E-state index in [4.69, 9.17) is 5.11 Å². The van der Waals surface area contributed by atoms with Crippen molar-refractivity contribution in [2.45, 2.75) is 45.6 Å². The summed E-state index contributed by atoms with van der Waals surface area (Å²) in [6.45, 7) is 5.23. The zero-order chi connectivity index (χ0) is 17.9. The third-order valence-electron chi connectivity index (χ3n) is 4.25. The molecule has 6 heteroatoms. The van der Waals surface area contributed by atoms with Crippen molar-refractivity contribution in [3.63, 3.8) is 0 Å². The summed E-state index contributed by atoms with van der Waals surface area (Å²) in [7, 11) is 0. The van der Waals surface area contributed by atoms with Gasteiger partial charge < -0.3 is 15.3 Å². The number of anilines is 1. The van der Waals surface area contributed by atoms with Gasteiger partial charge in [0.2, 0.25) is 11.8 Å². The molecule has 1 heterocycles. The van der Waals surface area contributed by atoms with Gasteiger partial charge in [0.1, 0.15) is 5.54 Å². The molecule has 0 saturated carbocycles. The van der Waals surface area contributed by atoms with E-state index in [0.29, 0.717) is 0 Å². The first-order valence-corrected chi connectivity index (χ1v) is 8.19. The van der Waals surface area contributed by atoms with Gasteiger partial charge in [0, 0.05) is 18.7 Å². The lowest BCUT2D eigenvalue weighted by molar-refractivity contribution is -0.146. The van der Waals surface area contributed by atoms with E-state index in [1.54, 1.807) is 4.90 Å². The number of carbonyl (C=O) groups is 3.